The molecule has 0 atom stereocenters. The first-order chi connectivity index (χ1) is 5.56. The number of hydrogen-bond donors (Lipinski definition) is 2. The third-order valence-electron chi connectivity index (χ3n) is 1.66. The van der Waals surface area contributed by atoms with E-state index in [9.17, 15) is 13.2 Å². The van der Waals surface area contributed by atoms with E-state index in [1.807, 2.05) is 0 Å². The molecule has 0 aromatic heterocycles. The van der Waals surface area contributed by atoms with Gasteiger partial charge in [-0.05, 0) is 0 Å². The van der Waals surface area contributed by atoms with Gasteiger partial charge in [0.1, 0.15) is 0 Å². The first kappa shape index (κ1) is 16.5. The van der Waals surface area contributed by atoms with Gasteiger partial charge in [0.25, 0.3) is 10.1 Å². The second-order valence-corrected chi connectivity index (χ2v) is 4.91. The number of primary amides is 1. The quantitative estimate of drug-likeness (QED) is 0.379. The summed E-state index contributed by atoms with van der Waals surface area (Å²) in [6, 6.07) is 0. The van der Waals surface area contributed by atoms with E-state index in [1.165, 1.54) is 13.8 Å². The maximum atomic E-state index is 10.7. The zero-order chi connectivity index (χ0) is 10.9. The second kappa shape index (κ2) is 5.27. The Morgan fingerprint density at radius 2 is 1.86 bits per heavy atom. The van der Waals surface area contributed by atoms with E-state index in [0.717, 1.165) is 0 Å². The second-order valence-electron chi connectivity index (χ2n) is 3.45. The Hall–Kier alpha value is 0.120. The molecule has 0 aromatic carbocycles. The van der Waals surface area contributed by atoms with Gasteiger partial charge in [-0.25, -0.2) is 0 Å². The number of amides is 1. The van der Waals surface area contributed by atoms with Crippen LogP contribution in [-0.4, -0.2) is 54.2 Å². The Labute approximate surface area is 106 Å². The number of carbonyl (C=O) groups excluding carboxylic acids is 1. The molecular formula is C7H14NNaO4S. The Kier molecular flexibility index (Phi) is 6.23. The van der Waals surface area contributed by atoms with Crippen LogP contribution in [0.4, 0.5) is 0 Å². The maximum absolute atomic E-state index is 10.7. The van der Waals surface area contributed by atoms with E-state index < -0.39 is 27.2 Å². The summed E-state index contributed by atoms with van der Waals surface area (Å²) in [6.07, 6.45) is 0. The van der Waals surface area contributed by atoms with Gasteiger partial charge < -0.3 is 5.73 Å². The van der Waals surface area contributed by atoms with Gasteiger partial charge in [0, 0.05) is 11.0 Å². The molecule has 0 aliphatic rings. The van der Waals surface area contributed by atoms with Crippen molar-refractivity contribution in [3.63, 3.8) is 0 Å². The van der Waals surface area contributed by atoms with Crippen LogP contribution >= 0.6 is 0 Å². The predicted molar refractivity (Wildman–Crippen MR) is 55.7 cm³/mol. The van der Waals surface area contributed by atoms with Crippen molar-refractivity contribution in [1.82, 2.24) is 0 Å². The van der Waals surface area contributed by atoms with E-state index in [0.29, 0.717) is 0 Å². The Balaban J connectivity index is 0. The fourth-order valence-electron chi connectivity index (χ4n) is 0.877. The van der Waals surface area contributed by atoms with Crippen molar-refractivity contribution in [3.8, 4) is 0 Å². The summed E-state index contributed by atoms with van der Waals surface area (Å²) >= 11 is 0. The van der Waals surface area contributed by atoms with E-state index in [-0.39, 0.29) is 35.1 Å². The van der Waals surface area contributed by atoms with Crippen LogP contribution in [0.1, 0.15) is 13.8 Å². The zero-order valence-electron chi connectivity index (χ0n) is 7.57. The van der Waals surface area contributed by atoms with Crippen molar-refractivity contribution in [2.24, 2.45) is 11.1 Å². The fraction of sp³-hybridized carbons (Fsp3) is 0.571. The number of nitrogens with two attached hydrogens (primary N) is 1. The monoisotopic (exact) mass is 231 g/mol. The van der Waals surface area contributed by atoms with Crippen LogP contribution < -0.4 is 5.73 Å². The molecule has 0 spiro atoms. The van der Waals surface area contributed by atoms with Crippen LogP contribution in [0.5, 0.6) is 0 Å². The summed E-state index contributed by atoms with van der Waals surface area (Å²) in [5.74, 6) is -1.34. The van der Waals surface area contributed by atoms with Crippen molar-refractivity contribution in [2.75, 3.05) is 5.75 Å². The van der Waals surface area contributed by atoms with Crippen LogP contribution in [-0.2, 0) is 14.9 Å². The van der Waals surface area contributed by atoms with Gasteiger partial charge in [0.2, 0.25) is 5.91 Å². The van der Waals surface area contributed by atoms with E-state index >= 15 is 0 Å². The molecule has 14 heavy (non-hydrogen) atoms. The van der Waals surface area contributed by atoms with Gasteiger partial charge >= 0.3 is 29.6 Å². The molecular weight excluding hydrogens is 217 g/mol. The van der Waals surface area contributed by atoms with Crippen molar-refractivity contribution < 1.29 is 17.8 Å². The molecule has 78 valence electrons. The minimum absolute atomic E-state index is 0. The molecule has 0 aliphatic heterocycles. The molecule has 5 nitrogen and oxygen atoms in total. The standard InChI is InChI=1S/C7H13NO4S.Na.H/c1-5(6(8)9)7(2,3)4-13(10,11)12;;/h1,4H2,2-3H3,(H2,8,9)(H,10,11,12);;. The summed E-state index contributed by atoms with van der Waals surface area (Å²) in [5, 5.41) is 0. The molecule has 0 fully saturated rings. The SMILES string of the molecule is C=C(C(N)=O)C(C)(C)CS(=O)(=O)O.[NaH]. The van der Waals surface area contributed by atoms with E-state index in [2.05, 4.69) is 6.58 Å². The van der Waals surface area contributed by atoms with E-state index in [1.54, 1.807) is 0 Å². The molecule has 7 heteroatoms. The summed E-state index contributed by atoms with van der Waals surface area (Å²) in [6.45, 7) is 6.29. The van der Waals surface area contributed by atoms with Gasteiger partial charge in [-0.3, -0.25) is 9.35 Å². The van der Waals surface area contributed by atoms with Gasteiger partial charge in [-0.1, -0.05) is 20.4 Å². The van der Waals surface area contributed by atoms with Crippen LogP contribution in [0.2, 0.25) is 0 Å². The van der Waals surface area contributed by atoms with Crippen LogP contribution in [0.3, 0.4) is 0 Å². The molecule has 0 bridgehead atoms. The molecule has 0 saturated heterocycles. The molecule has 0 rings (SSSR count). The van der Waals surface area contributed by atoms with Crippen LogP contribution in [0, 0.1) is 5.41 Å². The molecule has 0 aromatic rings. The predicted octanol–water partition coefficient (Wildman–Crippen LogP) is -0.707. The van der Waals surface area contributed by atoms with Crippen LogP contribution in [0.25, 0.3) is 0 Å². The topological polar surface area (TPSA) is 97.5 Å². The number of hydrogen-bond acceptors (Lipinski definition) is 3. The summed E-state index contributed by atoms with van der Waals surface area (Å²) in [5.41, 5.74) is 3.86. The number of rotatable bonds is 4. The average molecular weight is 231 g/mol. The molecule has 0 saturated carbocycles. The Morgan fingerprint density at radius 3 is 2.07 bits per heavy atom. The third kappa shape index (κ3) is 5.77. The summed E-state index contributed by atoms with van der Waals surface area (Å²) in [7, 11) is -4.13. The van der Waals surface area contributed by atoms with Crippen LogP contribution in [0.15, 0.2) is 12.2 Å². The van der Waals surface area contributed by atoms with E-state index in [4.69, 9.17) is 10.3 Å². The minimum atomic E-state index is -4.13. The fourth-order valence-corrected chi connectivity index (χ4v) is 1.96. The summed E-state index contributed by atoms with van der Waals surface area (Å²) in [4.78, 5) is 10.7. The molecule has 0 radical (unpaired) electrons. The van der Waals surface area contributed by atoms with Gasteiger partial charge in [0.15, 0.2) is 0 Å². The van der Waals surface area contributed by atoms with Gasteiger partial charge in [0.05, 0.1) is 5.75 Å². The molecule has 0 unspecified atom stereocenters. The van der Waals surface area contributed by atoms with Crippen molar-refractivity contribution >= 4 is 45.6 Å². The Morgan fingerprint density at radius 1 is 1.50 bits per heavy atom. The molecule has 3 N–H and O–H groups in total. The molecule has 0 aliphatic carbocycles. The first-order valence-electron chi connectivity index (χ1n) is 3.50. The van der Waals surface area contributed by atoms with Crippen molar-refractivity contribution in [3.05, 3.63) is 12.2 Å². The normalized spacial score (nSPS) is 11.6. The molecule has 0 heterocycles. The molecule has 1 amide bonds. The Bertz CT molecular complexity index is 334. The zero-order valence-corrected chi connectivity index (χ0v) is 8.39. The van der Waals surface area contributed by atoms with Crippen molar-refractivity contribution in [2.45, 2.75) is 13.8 Å². The third-order valence-corrected chi connectivity index (χ3v) is 2.74. The average Bonchev–Trinajstić information content (AvgIpc) is 1.80. The first-order valence-corrected chi connectivity index (χ1v) is 5.11. The number of carbonyl (C=O) groups is 1. The van der Waals surface area contributed by atoms with Gasteiger partial charge in [-0.2, -0.15) is 8.42 Å². The summed E-state index contributed by atoms with van der Waals surface area (Å²) < 4.78 is 29.6. The van der Waals surface area contributed by atoms with Gasteiger partial charge in [-0.15, -0.1) is 0 Å². The van der Waals surface area contributed by atoms with Crippen molar-refractivity contribution in [1.29, 1.82) is 0 Å².